The summed E-state index contributed by atoms with van der Waals surface area (Å²) in [4.78, 5) is 10.4. The van der Waals surface area contributed by atoms with E-state index in [1.807, 2.05) is 0 Å². The van der Waals surface area contributed by atoms with Gasteiger partial charge in [0.05, 0.1) is 12.5 Å². The molecular formula is C10H11Cl2NO4. The molecule has 5 nitrogen and oxygen atoms in total. The molecule has 0 aromatic heterocycles. The zero-order valence-electron chi connectivity index (χ0n) is 8.60. The van der Waals surface area contributed by atoms with Gasteiger partial charge < -0.3 is 21.1 Å². The molecule has 1 aromatic rings. The molecule has 17 heavy (non-hydrogen) atoms. The summed E-state index contributed by atoms with van der Waals surface area (Å²) in [6.45, 7) is 0. The first-order valence-corrected chi connectivity index (χ1v) is 5.41. The molecule has 0 saturated heterocycles. The van der Waals surface area contributed by atoms with Crippen LogP contribution in [0.5, 0.6) is 0 Å². The van der Waals surface area contributed by atoms with Crippen LogP contribution >= 0.6 is 23.2 Å². The third-order valence-corrected chi connectivity index (χ3v) is 2.77. The first kappa shape index (κ1) is 14.1. The first-order chi connectivity index (χ1) is 7.82. The molecule has 1 rings (SSSR count). The van der Waals surface area contributed by atoms with Crippen LogP contribution in [0.1, 0.15) is 18.1 Å². The molecule has 0 amide bonds. The maximum absolute atomic E-state index is 10.4. The van der Waals surface area contributed by atoms with Crippen LogP contribution in [0, 0.1) is 0 Å². The smallest absolute Gasteiger partial charge is 0.306 e. The van der Waals surface area contributed by atoms with Crippen LogP contribution in [-0.4, -0.2) is 27.4 Å². The van der Waals surface area contributed by atoms with E-state index in [-0.39, 0.29) is 15.6 Å². The zero-order valence-corrected chi connectivity index (χ0v) is 10.1. The largest absolute Gasteiger partial charge is 0.481 e. The summed E-state index contributed by atoms with van der Waals surface area (Å²) in [5.41, 5.74) is 5.85. The van der Waals surface area contributed by atoms with Crippen molar-refractivity contribution in [2.24, 2.45) is 0 Å². The highest BCUT2D eigenvalue weighted by Crippen LogP contribution is 2.34. The van der Waals surface area contributed by atoms with Gasteiger partial charge in [-0.25, -0.2) is 0 Å². The average Bonchev–Trinajstić information content (AvgIpc) is 2.14. The van der Waals surface area contributed by atoms with Crippen molar-refractivity contribution in [1.29, 1.82) is 0 Å². The number of carboxylic acids is 1. The summed E-state index contributed by atoms with van der Waals surface area (Å²) in [6, 6.07) is 2.72. The van der Waals surface area contributed by atoms with Gasteiger partial charge in [0.25, 0.3) is 0 Å². The summed E-state index contributed by atoms with van der Waals surface area (Å²) < 4.78 is 0. The monoisotopic (exact) mass is 279 g/mol. The number of carboxylic acid groups (broad SMARTS) is 1. The van der Waals surface area contributed by atoms with Crippen molar-refractivity contribution >= 4 is 34.9 Å². The van der Waals surface area contributed by atoms with Crippen LogP contribution in [0.3, 0.4) is 0 Å². The van der Waals surface area contributed by atoms with Crippen LogP contribution in [-0.2, 0) is 4.79 Å². The number of rotatable bonds is 4. The Morgan fingerprint density at radius 1 is 1.29 bits per heavy atom. The first-order valence-electron chi connectivity index (χ1n) is 4.65. The van der Waals surface area contributed by atoms with Crippen molar-refractivity contribution in [2.75, 3.05) is 5.73 Å². The molecule has 0 spiro atoms. The van der Waals surface area contributed by atoms with E-state index in [0.29, 0.717) is 5.69 Å². The van der Waals surface area contributed by atoms with Crippen LogP contribution < -0.4 is 5.73 Å². The molecule has 94 valence electrons. The number of halogens is 2. The highest BCUT2D eigenvalue weighted by atomic mass is 35.5. The van der Waals surface area contributed by atoms with Gasteiger partial charge in [0, 0.05) is 21.3 Å². The topological polar surface area (TPSA) is 104 Å². The minimum Gasteiger partial charge on any atom is -0.481 e. The van der Waals surface area contributed by atoms with Gasteiger partial charge in [0.2, 0.25) is 0 Å². The second-order valence-corrected chi connectivity index (χ2v) is 4.32. The molecule has 0 aliphatic heterocycles. The second-order valence-electron chi connectivity index (χ2n) is 3.51. The predicted molar refractivity (Wildman–Crippen MR) is 64.1 cm³/mol. The number of carbonyl (C=O) groups is 1. The van der Waals surface area contributed by atoms with Gasteiger partial charge in [-0.2, -0.15) is 0 Å². The molecule has 0 radical (unpaired) electrons. The summed E-state index contributed by atoms with van der Waals surface area (Å²) >= 11 is 11.7. The van der Waals surface area contributed by atoms with Gasteiger partial charge in [0.1, 0.15) is 6.10 Å². The quantitative estimate of drug-likeness (QED) is 0.625. The Morgan fingerprint density at radius 3 is 2.18 bits per heavy atom. The summed E-state index contributed by atoms with van der Waals surface area (Å²) in [6.07, 6.45) is -3.59. The summed E-state index contributed by atoms with van der Waals surface area (Å²) in [5, 5.41) is 27.9. The fourth-order valence-electron chi connectivity index (χ4n) is 1.37. The maximum atomic E-state index is 10.4. The van der Waals surface area contributed by atoms with Crippen molar-refractivity contribution in [3.05, 3.63) is 27.7 Å². The molecule has 7 heteroatoms. The van der Waals surface area contributed by atoms with Gasteiger partial charge in [-0.3, -0.25) is 4.79 Å². The van der Waals surface area contributed by atoms with E-state index in [1.165, 1.54) is 12.1 Å². The van der Waals surface area contributed by atoms with Crippen molar-refractivity contribution in [1.82, 2.24) is 0 Å². The number of aliphatic hydroxyl groups excluding tert-OH is 2. The lowest BCUT2D eigenvalue weighted by molar-refractivity contribution is -0.141. The maximum Gasteiger partial charge on any atom is 0.306 e. The lowest BCUT2D eigenvalue weighted by atomic mass is 10.0. The Morgan fingerprint density at radius 2 is 1.76 bits per heavy atom. The third-order valence-electron chi connectivity index (χ3n) is 2.15. The van der Waals surface area contributed by atoms with Gasteiger partial charge in [0.15, 0.2) is 0 Å². The Hall–Kier alpha value is -1.01. The lowest BCUT2D eigenvalue weighted by Crippen LogP contribution is -2.22. The number of aliphatic carboxylic acids is 1. The Kier molecular flexibility index (Phi) is 4.59. The second kappa shape index (κ2) is 5.55. The highest BCUT2D eigenvalue weighted by molar-refractivity contribution is 6.36. The average molecular weight is 280 g/mol. The molecule has 0 heterocycles. The van der Waals surface area contributed by atoms with Crippen LogP contribution in [0.15, 0.2) is 12.1 Å². The fraction of sp³-hybridized carbons (Fsp3) is 0.300. The normalized spacial score (nSPS) is 14.4. The van der Waals surface area contributed by atoms with Crippen molar-refractivity contribution < 1.29 is 20.1 Å². The Balaban J connectivity index is 3.03. The van der Waals surface area contributed by atoms with Crippen molar-refractivity contribution in [2.45, 2.75) is 18.6 Å². The summed E-state index contributed by atoms with van der Waals surface area (Å²) in [7, 11) is 0. The molecule has 0 saturated carbocycles. The van der Waals surface area contributed by atoms with E-state index in [1.54, 1.807) is 0 Å². The lowest BCUT2D eigenvalue weighted by Gasteiger charge is -2.19. The molecule has 2 unspecified atom stereocenters. The van der Waals surface area contributed by atoms with Crippen molar-refractivity contribution in [3.63, 3.8) is 0 Å². The summed E-state index contributed by atoms with van der Waals surface area (Å²) in [5.74, 6) is -1.24. The zero-order chi connectivity index (χ0) is 13.2. The molecule has 5 N–H and O–H groups in total. The number of nitrogens with two attached hydrogens (primary N) is 1. The van der Waals surface area contributed by atoms with E-state index < -0.39 is 24.6 Å². The van der Waals surface area contributed by atoms with E-state index in [4.69, 9.17) is 34.0 Å². The Labute approximate surface area is 107 Å². The van der Waals surface area contributed by atoms with E-state index in [0.717, 1.165) is 0 Å². The number of hydrogen-bond donors (Lipinski definition) is 4. The van der Waals surface area contributed by atoms with Crippen LogP contribution in [0.2, 0.25) is 10.0 Å². The van der Waals surface area contributed by atoms with E-state index >= 15 is 0 Å². The molecule has 1 aromatic carbocycles. The molecule has 0 bridgehead atoms. The number of benzene rings is 1. The van der Waals surface area contributed by atoms with E-state index in [9.17, 15) is 15.0 Å². The molecule has 0 aliphatic rings. The highest BCUT2D eigenvalue weighted by Gasteiger charge is 2.25. The number of hydrogen-bond acceptors (Lipinski definition) is 4. The number of anilines is 1. The molecular weight excluding hydrogens is 269 g/mol. The Bertz CT molecular complexity index is 415. The van der Waals surface area contributed by atoms with Gasteiger partial charge in [-0.1, -0.05) is 23.2 Å². The molecule has 0 aliphatic carbocycles. The molecule has 0 fully saturated rings. The standard InChI is InChI=1S/C10H11Cl2NO4/c11-5-1-4(13)2-6(12)9(5)10(17)7(14)3-8(15)16/h1-2,7,10,14,17H,3,13H2,(H,15,16). The minimum atomic E-state index is -1.49. The number of aliphatic hydroxyl groups is 2. The van der Waals surface area contributed by atoms with E-state index in [2.05, 4.69) is 0 Å². The van der Waals surface area contributed by atoms with Gasteiger partial charge in [-0.15, -0.1) is 0 Å². The number of nitrogen functional groups attached to an aromatic ring is 1. The SMILES string of the molecule is Nc1cc(Cl)c(C(O)C(O)CC(=O)O)c(Cl)c1. The third kappa shape index (κ3) is 3.47. The predicted octanol–water partition coefficient (Wildman–Crippen LogP) is 1.44. The van der Waals surface area contributed by atoms with Gasteiger partial charge >= 0.3 is 5.97 Å². The fourth-order valence-corrected chi connectivity index (χ4v) is 2.10. The van der Waals surface area contributed by atoms with Crippen molar-refractivity contribution in [3.8, 4) is 0 Å². The van der Waals surface area contributed by atoms with Crippen LogP contribution in [0.4, 0.5) is 5.69 Å². The van der Waals surface area contributed by atoms with Gasteiger partial charge in [-0.05, 0) is 12.1 Å². The van der Waals surface area contributed by atoms with Crippen LogP contribution in [0.25, 0.3) is 0 Å². The molecule has 2 atom stereocenters. The minimum absolute atomic E-state index is 0.0660.